The zero-order valence-corrected chi connectivity index (χ0v) is 7.95. The van der Waals surface area contributed by atoms with Crippen molar-refractivity contribution in [1.29, 1.82) is 0 Å². The summed E-state index contributed by atoms with van der Waals surface area (Å²) in [5.41, 5.74) is 2.63. The van der Waals surface area contributed by atoms with Crippen LogP contribution in [0.1, 0.15) is 17.3 Å². The van der Waals surface area contributed by atoms with Crippen molar-refractivity contribution in [3.63, 3.8) is 0 Å². The monoisotopic (exact) mass is 200 g/mol. The molecule has 64 valence electrons. The molecule has 1 atom stereocenters. The van der Waals surface area contributed by atoms with Crippen LogP contribution in [0.2, 0.25) is 5.02 Å². The molecule has 0 aromatic carbocycles. The molecular weight excluding hydrogens is 192 g/mol. The molecule has 0 saturated heterocycles. The van der Waals surface area contributed by atoms with Gasteiger partial charge in [-0.2, -0.15) is 0 Å². The van der Waals surface area contributed by atoms with E-state index in [0.717, 1.165) is 9.90 Å². The Morgan fingerprint density at radius 2 is 2.58 bits per heavy atom. The van der Waals surface area contributed by atoms with E-state index < -0.39 is 0 Å². The Kier molecular flexibility index (Phi) is 3.57. The standard InChI is InChI=1S/C8H9ClN2S/c1-2-3-7(11-10)8-6(9)4-5-12-8/h1,4-5,7,11H,3,10H2. The molecule has 1 rings (SSSR count). The average Bonchev–Trinajstić information content (AvgIpc) is 2.47. The molecule has 12 heavy (non-hydrogen) atoms. The minimum absolute atomic E-state index is 0.0255. The molecule has 0 aliphatic carbocycles. The van der Waals surface area contributed by atoms with Gasteiger partial charge in [0.05, 0.1) is 11.1 Å². The summed E-state index contributed by atoms with van der Waals surface area (Å²) >= 11 is 7.45. The first kappa shape index (κ1) is 9.56. The van der Waals surface area contributed by atoms with Crippen molar-refractivity contribution in [2.45, 2.75) is 12.5 Å². The van der Waals surface area contributed by atoms with Gasteiger partial charge in [0.1, 0.15) is 0 Å². The van der Waals surface area contributed by atoms with Crippen LogP contribution < -0.4 is 11.3 Å². The number of nitrogens with two attached hydrogens (primary N) is 1. The Balaban J connectivity index is 2.81. The highest BCUT2D eigenvalue weighted by Crippen LogP contribution is 2.29. The van der Waals surface area contributed by atoms with Gasteiger partial charge >= 0.3 is 0 Å². The van der Waals surface area contributed by atoms with Gasteiger partial charge in [-0.1, -0.05) is 11.6 Å². The van der Waals surface area contributed by atoms with Crippen LogP contribution >= 0.6 is 22.9 Å². The zero-order chi connectivity index (χ0) is 8.97. The SMILES string of the molecule is C#CCC(NN)c1sccc1Cl. The Hall–Kier alpha value is -0.530. The molecule has 1 unspecified atom stereocenters. The van der Waals surface area contributed by atoms with E-state index in [1.165, 1.54) is 0 Å². The third-order valence-electron chi connectivity index (χ3n) is 1.48. The lowest BCUT2D eigenvalue weighted by molar-refractivity contribution is 0.577. The summed E-state index contributed by atoms with van der Waals surface area (Å²) in [7, 11) is 0. The number of hydrazine groups is 1. The highest BCUT2D eigenvalue weighted by Gasteiger charge is 2.12. The number of hydrogen-bond acceptors (Lipinski definition) is 3. The molecule has 0 aliphatic heterocycles. The lowest BCUT2D eigenvalue weighted by Gasteiger charge is -2.10. The molecule has 3 N–H and O–H groups in total. The molecule has 2 nitrogen and oxygen atoms in total. The van der Waals surface area contributed by atoms with E-state index in [1.807, 2.05) is 11.4 Å². The number of nitrogens with one attached hydrogen (secondary N) is 1. The van der Waals surface area contributed by atoms with Crippen molar-refractivity contribution in [1.82, 2.24) is 5.43 Å². The second kappa shape index (κ2) is 4.48. The smallest absolute Gasteiger partial charge is 0.0677 e. The topological polar surface area (TPSA) is 38.0 Å². The molecule has 0 bridgehead atoms. The van der Waals surface area contributed by atoms with E-state index in [1.54, 1.807) is 11.3 Å². The summed E-state index contributed by atoms with van der Waals surface area (Å²) in [6, 6.07) is 1.81. The van der Waals surface area contributed by atoms with Gasteiger partial charge in [-0.15, -0.1) is 23.7 Å². The normalized spacial score (nSPS) is 12.4. The maximum atomic E-state index is 5.90. The second-order valence-corrected chi connectivity index (χ2v) is 3.62. The van der Waals surface area contributed by atoms with Gasteiger partial charge in [-0.05, 0) is 11.4 Å². The molecule has 4 heteroatoms. The largest absolute Gasteiger partial charge is 0.271 e. The molecule has 0 aliphatic rings. The summed E-state index contributed by atoms with van der Waals surface area (Å²) in [5, 5.41) is 2.64. The molecule has 0 saturated carbocycles. The Morgan fingerprint density at radius 1 is 1.83 bits per heavy atom. The van der Waals surface area contributed by atoms with Crippen LogP contribution in [0.15, 0.2) is 11.4 Å². The fourth-order valence-corrected chi connectivity index (χ4v) is 2.15. The highest BCUT2D eigenvalue weighted by atomic mass is 35.5. The van der Waals surface area contributed by atoms with E-state index in [0.29, 0.717) is 6.42 Å². The first-order chi connectivity index (χ1) is 5.79. The van der Waals surface area contributed by atoms with Crippen LogP contribution in [-0.4, -0.2) is 0 Å². The van der Waals surface area contributed by atoms with Crippen LogP contribution in [0, 0.1) is 12.3 Å². The second-order valence-electron chi connectivity index (χ2n) is 2.26. The molecule has 1 aromatic rings. The minimum Gasteiger partial charge on any atom is -0.271 e. The predicted molar refractivity (Wildman–Crippen MR) is 52.8 cm³/mol. The molecule has 0 fully saturated rings. The number of thiophene rings is 1. The van der Waals surface area contributed by atoms with E-state index in [2.05, 4.69) is 11.3 Å². The van der Waals surface area contributed by atoms with E-state index in [9.17, 15) is 0 Å². The quantitative estimate of drug-likeness (QED) is 0.445. The van der Waals surface area contributed by atoms with Gasteiger partial charge in [0.2, 0.25) is 0 Å². The number of hydrogen-bond donors (Lipinski definition) is 2. The summed E-state index contributed by atoms with van der Waals surface area (Å²) in [5.74, 6) is 7.86. The van der Waals surface area contributed by atoms with Crippen LogP contribution in [0.25, 0.3) is 0 Å². The molecule has 1 aromatic heterocycles. The average molecular weight is 201 g/mol. The van der Waals surface area contributed by atoms with E-state index in [-0.39, 0.29) is 6.04 Å². The van der Waals surface area contributed by atoms with Crippen LogP contribution in [0.4, 0.5) is 0 Å². The lowest BCUT2D eigenvalue weighted by atomic mass is 10.2. The van der Waals surface area contributed by atoms with Crippen molar-refractivity contribution >= 4 is 22.9 Å². The first-order valence-corrected chi connectivity index (χ1v) is 4.67. The predicted octanol–water partition coefficient (Wildman–Crippen LogP) is 1.93. The summed E-state index contributed by atoms with van der Waals surface area (Å²) in [6.45, 7) is 0. The number of rotatable bonds is 3. The fraction of sp³-hybridized carbons (Fsp3) is 0.250. The molecule has 1 heterocycles. The van der Waals surface area contributed by atoms with Crippen LogP contribution in [0.3, 0.4) is 0 Å². The Labute approximate surface area is 80.7 Å². The van der Waals surface area contributed by atoms with Gasteiger partial charge in [-0.3, -0.25) is 11.3 Å². The third kappa shape index (κ3) is 1.99. The van der Waals surface area contributed by atoms with Crippen molar-refractivity contribution in [2.75, 3.05) is 0 Å². The number of terminal acetylenes is 1. The van der Waals surface area contributed by atoms with Crippen molar-refractivity contribution in [3.05, 3.63) is 21.3 Å². The number of halogens is 1. The van der Waals surface area contributed by atoms with E-state index in [4.69, 9.17) is 23.9 Å². The van der Waals surface area contributed by atoms with Crippen LogP contribution in [-0.2, 0) is 0 Å². The van der Waals surface area contributed by atoms with Gasteiger partial charge in [0.15, 0.2) is 0 Å². The van der Waals surface area contributed by atoms with Crippen LogP contribution in [0.5, 0.6) is 0 Å². The lowest BCUT2D eigenvalue weighted by Crippen LogP contribution is -2.27. The summed E-state index contributed by atoms with van der Waals surface area (Å²) in [4.78, 5) is 0.997. The fourth-order valence-electron chi connectivity index (χ4n) is 0.899. The molecule has 0 spiro atoms. The zero-order valence-electron chi connectivity index (χ0n) is 6.38. The molecular formula is C8H9ClN2S. The van der Waals surface area contributed by atoms with Crippen molar-refractivity contribution in [2.24, 2.45) is 5.84 Å². The maximum Gasteiger partial charge on any atom is 0.0677 e. The summed E-state index contributed by atoms with van der Waals surface area (Å²) in [6.07, 6.45) is 5.73. The van der Waals surface area contributed by atoms with Crippen molar-refractivity contribution in [3.8, 4) is 12.3 Å². The Bertz CT molecular complexity index is 289. The van der Waals surface area contributed by atoms with E-state index >= 15 is 0 Å². The Morgan fingerprint density at radius 3 is 3.00 bits per heavy atom. The van der Waals surface area contributed by atoms with Gasteiger partial charge in [0, 0.05) is 11.3 Å². The van der Waals surface area contributed by atoms with Crippen molar-refractivity contribution < 1.29 is 0 Å². The summed E-state index contributed by atoms with van der Waals surface area (Å²) < 4.78 is 0. The molecule has 0 radical (unpaired) electrons. The third-order valence-corrected chi connectivity index (χ3v) is 2.96. The highest BCUT2D eigenvalue weighted by molar-refractivity contribution is 7.10. The minimum atomic E-state index is -0.0255. The first-order valence-electron chi connectivity index (χ1n) is 3.42. The van der Waals surface area contributed by atoms with Gasteiger partial charge in [-0.25, -0.2) is 0 Å². The maximum absolute atomic E-state index is 5.90. The molecule has 0 amide bonds. The van der Waals surface area contributed by atoms with Gasteiger partial charge in [0.25, 0.3) is 0 Å². The van der Waals surface area contributed by atoms with Gasteiger partial charge < -0.3 is 0 Å².